The average molecular weight is 485 g/mol. The number of carbonyl (C=O) groups excluding carboxylic acids is 1. The Morgan fingerprint density at radius 1 is 1.11 bits per heavy atom. The normalized spacial score (nSPS) is 17.3. The molecule has 3 aromatic rings. The zero-order valence-corrected chi connectivity index (χ0v) is 19.0. The van der Waals surface area contributed by atoms with Gasteiger partial charge in [0.25, 0.3) is 0 Å². The van der Waals surface area contributed by atoms with E-state index in [1.54, 1.807) is 23.2 Å². The Kier molecular flexibility index (Phi) is 5.65. The number of amides is 1. The second kappa shape index (κ2) is 8.67. The second-order valence-electron chi connectivity index (χ2n) is 8.39. The summed E-state index contributed by atoms with van der Waals surface area (Å²) in [7, 11) is 1.86. The van der Waals surface area contributed by atoms with Gasteiger partial charge in [0.15, 0.2) is 5.82 Å². The van der Waals surface area contributed by atoms with E-state index in [1.807, 2.05) is 18.9 Å². The van der Waals surface area contributed by atoms with Gasteiger partial charge < -0.3 is 19.9 Å². The maximum atomic E-state index is 12.7. The van der Waals surface area contributed by atoms with Crippen LogP contribution in [0.4, 0.5) is 30.6 Å². The van der Waals surface area contributed by atoms with Crippen LogP contribution in [-0.4, -0.2) is 45.5 Å². The fourth-order valence-electron chi connectivity index (χ4n) is 4.05. The monoisotopic (exact) mass is 485 g/mol. The lowest BCUT2D eigenvalue weighted by Gasteiger charge is -2.41. The molecule has 35 heavy (non-hydrogen) atoms. The van der Waals surface area contributed by atoms with Crippen molar-refractivity contribution in [1.82, 2.24) is 19.9 Å². The van der Waals surface area contributed by atoms with E-state index in [4.69, 9.17) is 4.74 Å². The molecule has 0 fully saturated rings. The summed E-state index contributed by atoms with van der Waals surface area (Å²) in [5, 5.41) is 3.21. The van der Waals surface area contributed by atoms with E-state index >= 15 is 0 Å². The Labute approximate surface area is 199 Å². The van der Waals surface area contributed by atoms with Crippen LogP contribution in [0.15, 0.2) is 36.7 Å². The summed E-state index contributed by atoms with van der Waals surface area (Å²) in [5.41, 5.74) is 1.62. The molecular formula is C23H22F3N7O2. The number of nitrogens with zero attached hydrogens (tertiary/aromatic N) is 6. The van der Waals surface area contributed by atoms with Gasteiger partial charge in [-0.1, -0.05) is 6.07 Å². The summed E-state index contributed by atoms with van der Waals surface area (Å²) in [4.78, 5) is 33.5. The average Bonchev–Trinajstić information content (AvgIpc) is 2.85. The molecule has 0 aliphatic carbocycles. The number of nitrogens with one attached hydrogen (secondary N) is 1. The third kappa shape index (κ3) is 4.43. The summed E-state index contributed by atoms with van der Waals surface area (Å²) < 4.78 is 43.4. The molecule has 182 valence electrons. The van der Waals surface area contributed by atoms with E-state index in [0.717, 1.165) is 47.7 Å². The smallest absolute Gasteiger partial charge is 0.417 e. The molecule has 5 rings (SSSR count). The molecule has 0 aromatic carbocycles. The Hall–Kier alpha value is -3.96. The number of alkyl halides is 3. The van der Waals surface area contributed by atoms with E-state index in [0.29, 0.717) is 25.2 Å². The SMILES string of the molecule is CC1C(=O)N2CCCc3nc(NCc4ccc(Oc5ccc(C(F)(F)F)cn5)nc4)nc(c32)N1C. The zero-order valence-electron chi connectivity index (χ0n) is 19.0. The van der Waals surface area contributed by atoms with Gasteiger partial charge in [0.2, 0.25) is 23.6 Å². The lowest BCUT2D eigenvalue weighted by molar-refractivity contribution is -0.137. The van der Waals surface area contributed by atoms with Gasteiger partial charge in [-0.15, -0.1) is 0 Å². The highest BCUT2D eigenvalue weighted by Crippen LogP contribution is 2.39. The summed E-state index contributed by atoms with van der Waals surface area (Å²) in [6.07, 6.45) is -0.528. The van der Waals surface area contributed by atoms with Gasteiger partial charge in [0.1, 0.15) is 11.7 Å². The molecule has 1 amide bonds. The van der Waals surface area contributed by atoms with E-state index < -0.39 is 11.7 Å². The Bertz CT molecular complexity index is 1250. The molecule has 3 aromatic heterocycles. The van der Waals surface area contributed by atoms with Gasteiger partial charge in [-0.25, -0.2) is 15.0 Å². The number of aryl methyl sites for hydroxylation is 1. The summed E-state index contributed by atoms with van der Waals surface area (Å²) in [6.45, 7) is 2.94. The first-order valence-corrected chi connectivity index (χ1v) is 11.1. The second-order valence-corrected chi connectivity index (χ2v) is 8.39. The number of aromatic nitrogens is 4. The van der Waals surface area contributed by atoms with Gasteiger partial charge in [0, 0.05) is 44.7 Å². The predicted octanol–water partition coefficient (Wildman–Crippen LogP) is 3.81. The van der Waals surface area contributed by atoms with Gasteiger partial charge in [-0.2, -0.15) is 18.2 Å². The topological polar surface area (TPSA) is 96.4 Å². The van der Waals surface area contributed by atoms with Crippen molar-refractivity contribution < 1.29 is 22.7 Å². The standard InChI is InChI=1S/C23H22F3N7O2/c1-13-21(34)33-9-3-4-16-19(33)20(32(13)2)31-22(30-16)29-11-14-5-7-17(27-10-14)35-18-8-6-15(12-28-18)23(24,25)26/h5-8,10,12-13H,3-4,9,11H2,1-2H3,(H,29,30,31). The summed E-state index contributed by atoms with van der Waals surface area (Å²) in [6, 6.07) is 5.13. The highest BCUT2D eigenvalue weighted by Gasteiger charge is 2.38. The minimum atomic E-state index is -4.46. The number of ether oxygens (including phenoxy) is 1. The molecule has 1 unspecified atom stereocenters. The quantitative estimate of drug-likeness (QED) is 0.583. The summed E-state index contributed by atoms with van der Waals surface area (Å²) >= 11 is 0. The van der Waals surface area contributed by atoms with Crippen LogP contribution in [0.5, 0.6) is 11.8 Å². The van der Waals surface area contributed by atoms with Gasteiger partial charge in [-0.3, -0.25) is 4.79 Å². The molecule has 0 saturated heterocycles. The Morgan fingerprint density at radius 3 is 2.51 bits per heavy atom. The molecule has 0 radical (unpaired) electrons. The molecule has 0 saturated carbocycles. The van der Waals surface area contributed by atoms with Gasteiger partial charge in [-0.05, 0) is 31.4 Å². The van der Waals surface area contributed by atoms with Gasteiger partial charge in [0.05, 0.1) is 11.3 Å². The Morgan fingerprint density at radius 2 is 1.86 bits per heavy atom. The number of halogens is 3. The van der Waals surface area contributed by atoms with Crippen molar-refractivity contribution in [3.05, 3.63) is 53.5 Å². The first-order valence-electron chi connectivity index (χ1n) is 11.1. The highest BCUT2D eigenvalue weighted by atomic mass is 19.4. The maximum absolute atomic E-state index is 12.7. The highest BCUT2D eigenvalue weighted by molar-refractivity contribution is 6.05. The van der Waals surface area contributed by atoms with E-state index in [1.165, 1.54) is 0 Å². The lowest BCUT2D eigenvalue weighted by Crippen LogP contribution is -2.53. The summed E-state index contributed by atoms with van der Waals surface area (Å²) in [5.74, 6) is 1.47. The fourth-order valence-corrected chi connectivity index (χ4v) is 4.05. The molecule has 12 heteroatoms. The van der Waals surface area contributed by atoms with Crippen LogP contribution in [0.2, 0.25) is 0 Å². The molecular weight excluding hydrogens is 463 g/mol. The molecule has 1 atom stereocenters. The Balaban J connectivity index is 1.26. The van der Waals surface area contributed by atoms with Crippen molar-refractivity contribution in [2.24, 2.45) is 0 Å². The number of hydrogen-bond donors (Lipinski definition) is 1. The number of anilines is 3. The maximum Gasteiger partial charge on any atom is 0.417 e. The third-order valence-corrected chi connectivity index (χ3v) is 6.06. The largest absolute Gasteiger partial charge is 0.421 e. The van der Waals surface area contributed by atoms with E-state index in [-0.39, 0.29) is 23.7 Å². The van der Waals surface area contributed by atoms with E-state index in [9.17, 15) is 18.0 Å². The van der Waals surface area contributed by atoms with Crippen LogP contribution in [0.3, 0.4) is 0 Å². The van der Waals surface area contributed by atoms with Crippen molar-refractivity contribution in [1.29, 1.82) is 0 Å². The van der Waals surface area contributed by atoms with Gasteiger partial charge >= 0.3 is 6.18 Å². The minimum absolute atomic E-state index is 0.0127. The first kappa shape index (κ1) is 22.8. The molecule has 2 aliphatic heterocycles. The van der Waals surface area contributed by atoms with Crippen molar-refractivity contribution in [2.75, 3.05) is 28.7 Å². The fraction of sp³-hybridized carbons (Fsp3) is 0.348. The molecule has 0 spiro atoms. The zero-order chi connectivity index (χ0) is 24.7. The third-order valence-electron chi connectivity index (χ3n) is 6.06. The molecule has 9 nitrogen and oxygen atoms in total. The number of carbonyl (C=O) groups is 1. The van der Waals surface area contributed by atoms with Crippen LogP contribution in [0, 0.1) is 0 Å². The molecule has 1 N–H and O–H groups in total. The first-order chi connectivity index (χ1) is 16.7. The van der Waals surface area contributed by atoms with Crippen LogP contribution in [-0.2, 0) is 23.9 Å². The van der Waals surface area contributed by atoms with Crippen LogP contribution < -0.4 is 19.9 Å². The van der Waals surface area contributed by atoms with Crippen LogP contribution in [0.25, 0.3) is 0 Å². The number of hydrogen-bond acceptors (Lipinski definition) is 8. The number of likely N-dealkylation sites (N-methyl/N-ethyl adjacent to an activating group) is 1. The minimum Gasteiger partial charge on any atom is -0.421 e. The lowest BCUT2D eigenvalue weighted by atomic mass is 10.0. The van der Waals surface area contributed by atoms with Crippen LogP contribution >= 0.6 is 0 Å². The molecule has 0 bridgehead atoms. The van der Waals surface area contributed by atoms with Crippen molar-refractivity contribution in [3.8, 4) is 11.8 Å². The number of pyridine rings is 2. The van der Waals surface area contributed by atoms with Crippen molar-refractivity contribution >= 4 is 23.4 Å². The number of rotatable bonds is 5. The molecule has 2 aliphatic rings. The molecule has 5 heterocycles. The van der Waals surface area contributed by atoms with Crippen molar-refractivity contribution in [2.45, 2.75) is 38.5 Å². The predicted molar refractivity (Wildman–Crippen MR) is 121 cm³/mol. The van der Waals surface area contributed by atoms with Crippen LogP contribution in [0.1, 0.15) is 30.2 Å². The van der Waals surface area contributed by atoms with E-state index in [2.05, 4.69) is 25.3 Å². The van der Waals surface area contributed by atoms with Crippen molar-refractivity contribution in [3.63, 3.8) is 0 Å².